The second-order valence-corrected chi connectivity index (χ2v) is 7.22. The summed E-state index contributed by atoms with van der Waals surface area (Å²) in [5.41, 5.74) is 0.766. The van der Waals surface area contributed by atoms with Crippen LogP contribution >= 0.6 is 23.1 Å². The van der Waals surface area contributed by atoms with Crippen LogP contribution in [0.5, 0.6) is 0 Å². The highest BCUT2D eigenvalue weighted by atomic mass is 32.2. The van der Waals surface area contributed by atoms with Gasteiger partial charge in [-0.05, 0) is 23.9 Å². The maximum Gasteiger partial charge on any atom is 0.321 e. The molecule has 1 unspecified atom stereocenters. The molecule has 0 saturated heterocycles. The van der Waals surface area contributed by atoms with E-state index in [0.717, 1.165) is 10.4 Å². The van der Waals surface area contributed by atoms with E-state index in [4.69, 9.17) is 0 Å². The number of urea groups is 1. The molecule has 3 rings (SSSR count). The number of hydrogen-bond acceptors (Lipinski definition) is 6. The lowest BCUT2D eigenvalue weighted by molar-refractivity contribution is -0.119. The number of rotatable bonds is 6. The van der Waals surface area contributed by atoms with Crippen molar-refractivity contribution in [2.75, 3.05) is 6.54 Å². The quantitative estimate of drug-likeness (QED) is 0.564. The number of thioether (sulfide) groups is 1. The maximum absolute atomic E-state index is 12.6. The van der Waals surface area contributed by atoms with Gasteiger partial charge < -0.3 is 5.32 Å². The zero-order valence-corrected chi connectivity index (χ0v) is 15.6. The van der Waals surface area contributed by atoms with E-state index in [-0.39, 0.29) is 0 Å². The Hall–Kier alpha value is -2.65. The summed E-state index contributed by atoms with van der Waals surface area (Å²) in [5.74, 6) is 0.230. The van der Waals surface area contributed by atoms with Gasteiger partial charge >= 0.3 is 6.03 Å². The van der Waals surface area contributed by atoms with Crippen molar-refractivity contribution in [2.24, 2.45) is 0 Å². The Labute approximate surface area is 158 Å². The number of H-pyrrole nitrogens is 1. The Bertz CT molecular complexity index is 864. The van der Waals surface area contributed by atoms with Crippen molar-refractivity contribution in [3.63, 3.8) is 0 Å². The Balaban J connectivity index is 1.80. The fourth-order valence-electron chi connectivity index (χ4n) is 2.21. The van der Waals surface area contributed by atoms with Gasteiger partial charge in [0.15, 0.2) is 5.82 Å². The highest BCUT2D eigenvalue weighted by Gasteiger charge is 2.25. The molecule has 1 atom stereocenters. The smallest absolute Gasteiger partial charge is 0.321 e. The number of aromatic nitrogens is 3. The molecule has 9 heteroatoms. The molecule has 134 valence electrons. The van der Waals surface area contributed by atoms with Crippen LogP contribution in [0.1, 0.15) is 17.7 Å². The van der Waals surface area contributed by atoms with Crippen LogP contribution in [0.15, 0.2) is 53.0 Å². The SMILES string of the molecule is CCNC(=O)NC(=O)C(Sc1n[nH]c(-c2cccs2)n1)c1ccccc1. The molecule has 0 bridgehead atoms. The zero-order chi connectivity index (χ0) is 18.4. The van der Waals surface area contributed by atoms with Crippen molar-refractivity contribution < 1.29 is 9.59 Å². The standard InChI is InChI=1S/C17H17N5O2S2/c1-2-18-16(24)20-15(23)13(11-7-4-3-5-8-11)26-17-19-14(21-22-17)12-9-6-10-25-12/h3-10,13H,2H2,1H3,(H,19,21,22)(H2,18,20,23,24). The van der Waals surface area contributed by atoms with Crippen LogP contribution in [0, 0.1) is 0 Å². The molecule has 0 radical (unpaired) electrons. The fourth-order valence-corrected chi connectivity index (χ4v) is 3.79. The third kappa shape index (κ3) is 4.50. The van der Waals surface area contributed by atoms with Crippen LogP contribution in [-0.4, -0.2) is 33.7 Å². The summed E-state index contributed by atoms with van der Waals surface area (Å²) in [7, 11) is 0. The first-order chi connectivity index (χ1) is 12.7. The van der Waals surface area contributed by atoms with Gasteiger partial charge in [0.05, 0.1) is 4.88 Å². The van der Waals surface area contributed by atoms with Crippen LogP contribution in [0.3, 0.4) is 0 Å². The summed E-state index contributed by atoms with van der Waals surface area (Å²) in [6, 6.07) is 12.6. The molecule has 3 aromatic rings. The lowest BCUT2D eigenvalue weighted by Gasteiger charge is -2.14. The van der Waals surface area contributed by atoms with Crippen LogP contribution in [0.4, 0.5) is 4.79 Å². The van der Waals surface area contributed by atoms with Gasteiger partial charge in [0.25, 0.3) is 0 Å². The molecular weight excluding hydrogens is 370 g/mol. The minimum Gasteiger partial charge on any atom is -0.338 e. The predicted octanol–water partition coefficient (Wildman–Crippen LogP) is 3.21. The normalized spacial score (nSPS) is 11.7. The summed E-state index contributed by atoms with van der Waals surface area (Å²) < 4.78 is 0. The maximum atomic E-state index is 12.6. The van der Waals surface area contributed by atoms with E-state index in [1.54, 1.807) is 18.3 Å². The second kappa shape index (κ2) is 8.63. The third-order valence-electron chi connectivity index (χ3n) is 3.36. The molecule has 0 spiro atoms. The summed E-state index contributed by atoms with van der Waals surface area (Å²) >= 11 is 2.74. The van der Waals surface area contributed by atoms with E-state index in [0.29, 0.717) is 17.5 Å². The van der Waals surface area contributed by atoms with E-state index in [9.17, 15) is 9.59 Å². The van der Waals surface area contributed by atoms with Crippen LogP contribution in [-0.2, 0) is 4.79 Å². The molecule has 0 aliphatic heterocycles. The molecule has 0 saturated carbocycles. The minimum absolute atomic E-state index is 0.422. The van der Waals surface area contributed by atoms with E-state index in [2.05, 4.69) is 25.8 Å². The van der Waals surface area contributed by atoms with Crippen molar-refractivity contribution in [3.8, 4) is 10.7 Å². The number of thiophene rings is 1. The van der Waals surface area contributed by atoms with Crippen molar-refractivity contribution in [2.45, 2.75) is 17.3 Å². The molecule has 26 heavy (non-hydrogen) atoms. The number of imide groups is 1. The number of hydrogen-bond donors (Lipinski definition) is 3. The number of carbonyl (C=O) groups excluding carboxylic acids is 2. The molecule has 3 amide bonds. The zero-order valence-electron chi connectivity index (χ0n) is 13.9. The van der Waals surface area contributed by atoms with Gasteiger partial charge in [-0.2, -0.15) is 0 Å². The fraction of sp³-hybridized carbons (Fsp3) is 0.176. The number of nitrogens with zero attached hydrogens (tertiary/aromatic N) is 2. The van der Waals surface area contributed by atoms with Crippen LogP contribution in [0.25, 0.3) is 10.7 Å². The van der Waals surface area contributed by atoms with E-state index in [1.807, 2.05) is 47.8 Å². The van der Waals surface area contributed by atoms with Gasteiger partial charge in [0.1, 0.15) is 5.25 Å². The molecule has 7 nitrogen and oxygen atoms in total. The Morgan fingerprint density at radius 1 is 1.23 bits per heavy atom. The molecule has 1 aromatic carbocycles. The van der Waals surface area contributed by atoms with Gasteiger partial charge in [-0.1, -0.05) is 48.2 Å². The summed E-state index contributed by atoms with van der Waals surface area (Å²) in [6.07, 6.45) is 0. The highest BCUT2D eigenvalue weighted by Crippen LogP contribution is 2.34. The number of aromatic amines is 1. The number of benzene rings is 1. The van der Waals surface area contributed by atoms with Gasteiger partial charge in [0.2, 0.25) is 11.1 Å². The van der Waals surface area contributed by atoms with Crippen molar-refractivity contribution in [3.05, 3.63) is 53.4 Å². The molecular formula is C17H17N5O2S2. The third-order valence-corrected chi connectivity index (χ3v) is 5.35. The van der Waals surface area contributed by atoms with Crippen LogP contribution in [0.2, 0.25) is 0 Å². The Morgan fingerprint density at radius 2 is 2.04 bits per heavy atom. The first-order valence-corrected chi connectivity index (χ1v) is 9.70. The van der Waals surface area contributed by atoms with Crippen molar-refractivity contribution in [1.82, 2.24) is 25.8 Å². The topological polar surface area (TPSA) is 99.8 Å². The van der Waals surface area contributed by atoms with Gasteiger partial charge in [-0.15, -0.1) is 16.4 Å². The number of nitrogens with one attached hydrogen (secondary N) is 3. The molecule has 2 heterocycles. The largest absolute Gasteiger partial charge is 0.338 e. The van der Waals surface area contributed by atoms with Gasteiger partial charge in [0, 0.05) is 6.54 Å². The van der Waals surface area contributed by atoms with Gasteiger partial charge in [-0.25, -0.2) is 9.78 Å². The molecule has 0 fully saturated rings. The molecule has 2 aromatic heterocycles. The van der Waals surface area contributed by atoms with E-state index >= 15 is 0 Å². The Morgan fingerprint density at radius 3 is 2.73 bits per heavy atom. The van der Waals surface area contributed by atoms with Crippen LogP contribution < -0.4 is 10.6 Å². The minimum atomic E-state index is -0.647. The van der Waals surface area contributed by atoms with Crippen molar-refractivity contribution in [1.29, 1.82) is 0 Å². The van der Waals surface area contributed by atoms with E-state index < -0.39 is 17.2 Å². The summed E-state index contributed by atoms with van der Waals surface area (Å²) in [5, 5.41) is 13.7. The predicted molar refractivity (Wildman–Crippen MR) is 102 cm³/mol. The summed E-state index contributed by atoms with van der Waals surface area (Å²) in [6.45, 7) is 2.22. The van der Waals surface area contributed by atoms with Crippen molar-refractivity contribution >= 4 is 35.0 Å². The van der Waals surface area contributed by atoms with Gasteiger partial charge in [-0.3, -0.25) is 15.2 Å². The highest BCUT2D eigenvalue weighted by molar-refractivity contribution is 8.00. The molecule has 3 N–H and O–H groups in total. The molecule has 0 aliphatic carbocycles. The lowest BCUT2D eigenvalue weighted by Crippen LogP contribution is -2.41. The Kier molecular flexibility index (Phi) is 6.03. The monoisotopic (exact) mass is 387 g/mol. The first kappa shape index (κ1) is 18.2. The second-order valence-electron chi connectivity index (χ2n) is 5.20. The number of carbonyl (C=O) groups is 2. The average Bonchev–Trinajstić information content (AvgIpc) is 3.32. The first-order valence-electron chi connectivity index (χ1n) is 7.94. The average molecular weight is 387 g/mol. The number of amides is 3. The molecule has 0 aliphatic rings. The van der Waals surface area contributed by atoms with E-state index in [1.165, 1.54) is 11.8 Å². The summed E-state index contributed by atoms with van der Waals surface area (Å²) in [4.78, 5) is 29.7. The lowest BCUT2D eigenvalue weighted by atomic mass is 10.1.